The van der Waals surface area contributed by atoms with Crippen LogP contribution in [0.15, 0.2) is 18.2 Å². The van der Waals surface area contributed by atoms with Gasteiger partial charge in [0.1, 0.15) is 0 Å². The molecule has 0 unspecified atom stereocenters. The Morgan fingerprint density at radius 1 is 1.36 bits per heavy atom. The Labute approximate surface area is 136 Å². The number of halogens is 1. The highest BCUT2D eigenvalue weighted by molar-refractivity contribution is 7.92. The van der Waals surface area contributed by atoms with E-state index in [1.165, 1.54) is 18.2 Å². The lowest BCUT2D eigenvalue weighted by molar-refractivity contribution is 0.0757. The molecule has 0 saturated carbocycles. The lowest BCUT2D eigenvalue weighted by Crippen LogP contribution is -2.25. The highest BCUT2D eigenvalue weighted by Crippen LogP contribution is 2.23. The average Bonchev–Trinajstić information content (AvgIpc) is 2.38. The molecule has 0 atom stereocenters. The van der Waals surface area contributed by atoms with E-state index >= 15 is 0 Å². The van der Waals surface area contributed by atoms with Crippen LogP contribution in [0.4, 0.5) is 5.69 Å². The van der Waals surface area contributed by atoms with Crippen molar-refractivity contribution in [3.05, 3.63) is 28.8 Å². The molecule has 22 heavy (non-hydrogen) atoms. The van der Waals surface area contributed by atoms with E-state index in [1.54, 1.807) is 0 Å². The molecule has 2 N–H and O–H groups in total. The molecule has 0 saturated heterocycles. The molecule has 8 heteroatoms. The van der Waals surface area contributed by atoms with E-state index in [0.717, 1.165) is 6.26 Å². The number of benzene rings is 1. The van der Waals surface area contributed by atoms with Gasteiger partial charge in [-0.1, -0.05) is 11.6 Å². The number of hydrogen-bond donors (Lipinski definition) is 2. The third-order valence-corrected chi connectivity index (χ3v) is 3.50. The van der Waals surface area contributed by atoms with Crippen molar-refractivity contribution < 1.29 is 17.9 Å². The van der Waals surface area contributed by atoms with Gasteiger partial charge >= 0.3 is 0 Å². The number of ether oxygens (including phenoxy) is 1. The van der Waals surface area contributed by atoms with Crippen LogP contribution in [0, 0.1) is 0 Å². The fraction of sp³-hybridized carbons (Fsp3) is 0.500. The Morgan fingerprint density at radius 3 is 2.64 bits per heavy atom. The van der Waals surface area contributed by atoms with Gasteiger partial charge in [-0.15, -0.1) is 0 Å². The molecule has 0 bridgehead atoms. The molecule has 0 heterocycles. The van der Waals surface area contributed by atoms with Gasteiger partial charge in [0.05, 0.1) is 23.1 Å². The number of hydrogen-bond acceptors (Lipinski definition) is 4. The van der Waals surface area contributed by atoms with Crippen molar-refractivity contribution in [1.82, 2.24) is 5.32 Å². The van der Waals surface area contributed by atoms with Crippen LogP contribution in [-0.4, -0.2) is 39.8 Å². The van der Waals surface area contributed by atoms with Crippen molar-refractivity contribution in [2.75, 3.05) is 24.1 Å². The summed E-state index contributed by atoms with van der Waals surface area (Å²) in [6, 6.07) is 4.42. The molecule has 0 aliphatic rings. The lowest BCUT2D eigenvalue weighted by atomic mass is 10.2. The maximum absolute atomic E-state index is 12.0. The van der Waals surface area contributed by atoms with Crippen LogP contribution in [-0.2, 0) is 14.8 Å². The zero-order chi connectivity index (χ0) is 16.8. The molecule has 0 aliphatic carbocycles. The number of sulfonamides is 1. The Bertz CT molecular complexity index is 617. The summed E-state index contributed by atoms with van der Waals surface area (Å²) >= 11 is 5.91. The number of amides is 1. The molecule has 6 nitrogen and oxygen atoms in total. The van der Waals surface area contributed by atoms with Crippen LogP contribution >= 0.6 is 11.6 Å². The first-order valence-electron chi connectivity index (χ1n) is 6.86. The second kappa shape index (κ2) is 8.36. The van der Waals surface area contributed by atoms with Crippen LogP contribution < -0.4 is 10.0 Å². The van der Waals surface area contributed by atoms with Crippen molar-refractivity contribution in [2.45, 2.75) is 26.4 Å². The number of rotatable bonds is 8. The van der Waals surface area contributed by atoms with E-state index in [9.17, 15) is 13.2 Å². The van der Waals surface area contributed by atoms with E-state index in [0.29, 0.717) is 25.1 Å². The number of nitrogens with one attached hydrogen (secondary N) is 2. The minimum absolute atomic E-state index is 0.164. The highest BCUT2D eigenvalue weighted by Gasteiger charge is 2.11. The number of anilines is 1. The van der Waals surface area contributed by atoms with E-state index in [2.05, 4.69) is 10.0 Å². The monoisotopic (exact) mass is 348 g/mol. The SMILES string of the molecule is CC(C)OCCCNC(=O)c1ccc(Cl)c(NS(C)(=O)=O)c1. The standard InChI is InChI=1S/C14H21ClN2O4S/c1-10(2)21-8-4-7-16-14(18)11-5-6-12(15)13(9-11)17-22(3,19)20/h5-6,9-10,17H,4,7-8H2,1-3H3,(H,16,18). The summed E-state index contributed by atoms with van der Waals surface area (Å²) in [5.74, 6) is -0.294. The Hall–Kier alpha value is -1.31. The van der Waals surface area contributed by atoms with E-state index in [-0.39, 0.29) is 22.7 Å². The van der Waals surface area contributed by atoms with Crippen molar-refractivity contribution in [1.29, 1.82) is 0 Å². The molecule has 1 rings (SSSR count). The van der Waals surface area contributed by atoms with E-state index < -0.39 is 10.0 Å². The van der Waals surface area contributed by atoms with Gasteiger partial charge in [0.2, 0.25) is 10.0 Å². The third-order valence-electron chi connectivity index (χ3n) is 2.58. The van der Waals surface area contributed by atoms with Gasteiger partial charge in [0.15, 0.2) is 0 Å². The van der Waals surface area contributed by atoms with Crippen LogP contribution in [0.25, 0.3) is 0 Å². The fourth-order valence-electron chi connectivity index (χ4n) is 1.64. The second-order valence-electron chi connectivity index (χ2n) is 5.10. The maximum Gasteiger partial charge on any atom is 0.251 e. The topological polar surface area (TPSA) is 84.5 Å². The van der Waals surface area contributed by atoms with Crippen LogP contribution in [0.2, 0.25) is 5.02 Å². The predicted molar refractivity (Wildman–Crippen MR) is 88.0 cm³/mol. The van der Waals surface area contributed by atoms with Crippen LogP contribution in [0.5, 0.6) is 0 Å². The molecule has 1 aromatic carbocycles. The van der Waals surface area contributed by atoms with Gasteiger partial charge < -0.3 is 10.1 Å². The van der Waals surface area contributed by atoms with Gasteiger partial charge in [0, 0.05) is 18.7 Å². The molecule has 0 aliphatic heterocycles. The number of carbonyl (C=O) groups is 1. The summed E-state index contributed by atoms with van der Waals surface area (Å²) in [7, 11) is -3.46. The summed E-state index contributed by atoms with van der Waals surface area (Å²) in [5.41, 5.74) is 0.514. The van der Waals surface area contributed by atoms with Gasteiger partial charge in [-0.05, 0) is 38.5 Å². The minimum Gasteiger partial charge on any atom is -0.379 e. The molecular weight excluding hydrogens is 328 g/mol. The molecule has 1 aromatic rings. The molecule has 0 radical (unpaired) electrons. The molecule has 1 amide bonds. The molecule has 124 valence electrons. The summed E-state index contributed by atoms with van der Waals surface area (Å²) in [6.07, 6.45) is 1.88. The van der Waals surface area contributed by atoms with E-state index in [1.807, 2.05) is 13.8 Å². The fourth-order valence-corrected chi connectivity index (χ4v) is 2.43. The van der Waals surface area contributed by atoms with Crippen molar-refractivity contribution in [2.24, 2.45) is 0 Å². The second-order valence-corrected chi connectivity index (χ2v) is 7.25. The Kier molecular flexibility index (Phi) is 7.12. The van der Waals surface area contributed by atoms with Crippen LogP contribution in [0.1, 0.15) is 30.6 Å². The first kappa shape index (κ1) is 18.7. The van der Waals surface area contributed by atoms with Crippen molar-refractivity contribution >= 4 is 33.2 Å². The highest BCUT2D eigenvalue weighted by atomic mass is 35.5. The first-order valence-corrected chi connectivity index (χ1v) is 9.13. The zero-order valence-corrected chi connectivity index (χ0v) is 14.4. The first-order chi connectivity index (χ1) is 10.2. The smallest absolute Gasteiger partial charge is 0.251 e. The summed E-state index contributed by atoms with van der Waals surface area (Å²) in [5, 5.41) is 2.97. The normalized spacial score (nSPS) is 11.5. The number of carbonyl (C=O) groups excluding carboxylic acids is 1. The third kappa shape index (κ3) is 7.11. The van der Waals surface area contributed by atoms with Crippen LogP contribution in [0.3, 0.4) is 0 Å². The van der Waals surface area contributed by atoms with Gasteiger partial charge in [-0.25, -0.2) is 8.42 Å². The van der Waals surface area contributed by atoms with Gasteiger partial charge in [-0.3, -0.25) is 9.52 Å². The van der Waals surface area contributed by atoms with Crippen molar-refractivity contribution in [3.63, 3.8) is 0 Å². The Balaban J connectivity index is 2.61. The predicted octanol–water partition coefficient (Wildman–Crippen LogP) is 2.26. The lowest BCUT2D eigenvalue weighted by Gasteiger charge is -2.10. The zero-order valence-electron chi connectivity index (χ0n) is 12.8. The van der Waals surface area contributed by atoms with Gasteiger partial charge in [-0.2, -0.15) is 0 Å². The largest absolute Gasteiger partial charge is 0.379 e. The van der Waals surface area contributed by atoms with E-state index in [4.69, 9.17) is 16.3 Å². The summed E-state index contributed by atoms with van der Waals surface area (Å²) in [4.78, 5) is 12.0. The molecular formula is C14H21ClN2O4S. The summed E-state index contributed by atoms with van der Waals surface area (Å²) in [6.45, 7) is 4.94. The average molecular weight is 349 g/mol. The Morgan fingerprint density at radius 2 is 2.05 bits per heavy atom. The molecule has 0 spiro atoms. The van der Waals surface area contributed by atoms with Gasteiger partial charge in [0.25, 0.3) is 5.91 Å². The summed E-state index contributed by atoms with van der Waals surface area (Å²) < 4.78 is 30.1. The van der Waals surface area contributed by atoms with Crippen molar-refractivity contribution in [3.8, 4) is 0 Å². The molecule has 0 aromatic heterocycles. The minimum atomic E-state index is -3.46. The quantitative estimate of drug-likeness (QED) is 0.706. The molecule has 0 fully saturated rings. The maximum atomic E-state index is 12.0.